The molecule has 0 aromatic heterocycles. The topological polar surface area (TPSA) is 120 Å². The van der Waals surface area contributed by atoms with E-state index in [4.69, 9.17) is 4.74 Å². The first kappa shape index (κ1) is 23.5. The Bertz CT molecular complexity index is 822. The molecule has 2 aliphatic rings. The number of likely N-dealkylation sites (tertiary alicyclic amines) is 1. The summed E-state index contributed by atoms with van der Waals surface area (Å²) in [5.74, 6) is -0.188. The van der Waals surface area contributed by atoms with Gasteiger partial charge in [-0.25, -0.2) is 13.2 Å². The molecule has 31 heavy (non-hydrogen) atoms. The van der Waals surface area contributed by atoms with Crippen LogP contribution in [0, 0.1) is 0 Å². The molecule has 172 valence electrons. The molecule has 1 aromatic carbocycles. The highest BCUT2D eigenvalue weighted by Crippen LogP contribution is 2.11. The number of morpholine rings is 1. The highest BCUT2D eigenvalue weighted by Gasteiger charge is 2.25. The van der Waals surface area contributed by atoms with Gasteiger partial charge in [-0.1, -0.05) is 18.2 Å². The second-order valence-electron chi connectivity index (χ2n) is 7.69. The molecule has 2 saturated heterocycles. The van der Waals surface area contributed by atoms with Crippen LogP contribution in [0.25, 0.3) is 0 Å². The summed E-state index contributed by atoms with van der Waals surface area (Å²) in [5.41, 5.74) is 0.774. The van der Waals surface area contributed by atoms with Crippen molar-refractivity contribution < 1.29 is 22.7 Å². The highest BCUT2D eigenvalue weighted by molar-refractivity contribution is 7.89. The molecule has 0 atom stereocenters. The van der Waals surface area contributed by atoms with Gasteiger partial charge < -0.3 is 20.7 Å². The Morgan fingerprint density at radius 1 is 1.03 bits per heavy atom. The van der Waals surface area contributed by atoms with Gasteiger partial charge in [0.05, 0.1) is 25.5 Å². The number of hydrogen-bond donors (Lipinski definition) is 3. The average molecular weight is 454 g/mol. The number of amides is 3. The Labute approximate surface area is 183 Å². The molecule has 0 bridgehead atoms. The Morgan fingerprint density at radius 2 is 1.71 bits per heavy atom. The van der Waals surface area contributed by atoms with Gasteiger partial charge in [-0.2, -0.15) is 4.31 Å². The van der Waals surface area contributed by atoms with Crippen LogP contribution in [0.4, 0.5) is 10.5 Å². The molecule has 2 fully saturated rings. The number of carbonyl (C=O) groups is 2. The number of nitrogens with one attached hydrogen (secondary N) is 3. The molecule has 0 unspecified atom stereocenters. The van der Waals surface area contributed by atoms with Gasteiger partial charge in [0.25, 0.3) is 0 Å². The third-order valence-electron chi connectivity index (χ3n) is 5.36. The minimum atomic E-state index is -3.39. The van der Waals surface area contributed by atoms with Crippen LogP contribution in [0.15, 0.2) is 30.3 Å². The van der Waals surface area contributed by atoms with E-state index in [1.807, 2.05) is 30.3 Å². The molecule has 0 radical (unpaired) electrons. The highest BCUT2D eigenvalue weighted by atomic mass is 32.2. The lowest BCUT2D eigenvalue weighted by Gasteiger charge is -2.31. The summed E-state index contributed by atoms with van der Waals surface area (Å²) in [4.78, 5) is 26.3. The third kappa shape index (κ3) is 7.76. The first-order chi connectivity index (χ1) is 14.9. The van der Waals surface area contributed by atoms with Crippen LogP contribution < -0.4 is 16.0 Å². The molecular weight excluding hydrogens is 422 g/mol. The van der Waals surface area contributed by atoms with Gasteiger partial charge in [0, 0.05) is 44.5 Å². The molecule has 2 heterocycles. The van der Waals surface area contributed by atoms with Crippen molar-refractivity contribution in [2.24, 2.45) is 0 Å². The predicted molar refractivity (Wildman–Crippen MR) is 117 cm³/mol. The van der Waals surface area contributed by atoms with Crippen molar-refractivity contribution in [3.05, 3.63) is 30.3 Å². The van der Waals surface area contributed by atoms with E-state index >= 15 is 0 Å². The minimum Gasteiger partial charge on any atom is -0.379 e. The molecule has 11 heteroatoms. The number of rotatable bonds is 8. The van der Waals surface area contributed by atoms with E-state index in [0.717, 1.165) is 18.5 Å². The number of hydrogen-bond acceptors (Lipinski definition) is 6. The van der Waals surface area contributed by atoms with Gasteiger partial charge in [-0.05, 0) is 25.0 Å². The van der Waals surface area contributed by atoms with Crippen LogP contribution in [0.5, 0.6) is 0 Å². The van der Waals surface area contributed by atoms with Crippen molar-refractivity contribution in [1.82, 2.24) is 19.8 Å². The first-order valence-corrected chi connectivity index (χ1v) is 12.2. The summed E-state index contributed by atoms with van der Waals surface area (Å²) >= 11 is 0. The summed E-state index contributed by atoms with van der Waals surface area (Å²) in [5, 5.41) is 8.40. The van der Waals surface area contributed by atoms with Crippen molar-refractivity contribution in [2.45, 2.75) is 18.9 Å². The lowest BCUT2D eigenvalue weighted by Crippen LogP contribution is -2.50. The fourth-order valence-electron chi connectivity index (χ4n) is 3.64. The average Bonchev–Trinajstić information content (AvgIpc) is 2.76. The molecule has 3 amide bonds. The van der Waals surface area contributed by atoms with Gasteiger partial charge in [0.1, 0.15) is 0 Å². The Hall–Kier alpha value is -2.21. The maximum Gasteiger partial charge on any atom is 0.315 e. The molecule has 1 aromatic rings. The summed E-state index contributed by atoms with van der Waals surface area (Å²) in [6, 6.07) is 8.97. The largest absolute Gasteiger partial charge is 0.379 e. The van der Waals surface area contributed by atoms with E-state index in [1.54, 1.807) is 0 Å². The Balaban J connectivity index is 1.30. The van der Waals surface area contributed by atoms with Crippen molar-refractivity contribution in [3.63, 3.8) is 0 Å². The van der Waals surface area contributed by atoms with E-state index < -0.39 is 10.0 Å². The van der Waals surface area contributed by atoms with Crippen LogP contribution in [0.1, 0.15) is 12.8 Å². The number of urea groups is 1. The molecule has 0 spiro atoms. The number of ether oxygens (including phenoxy) is 1. The number of benzene rings is 1. The number of piperidine rings is 1. The summed E-state index contributed by atoms with van der Waals surface area (Å²) < 4.78 is 31.1. The van der Waals surface area contributed by atoms with Crippen LogP contribution in [-0.2, 0) is 19.6 Å². The SMILES string of the molecule is O=C(CN1CCC(NC(=O)NCCS(=O)(=O)N2CCOCC2)CC1)Nc1ccccc1. The standard InChI is InChI=1S/C20H31N5O5S/c26-19(22-17-4-2-1-3-5-17)16-24-9-6-18(7-10-24)23-20(27)21-8-15-31(28,29)25-11-13-30-14-12-25/h1-5,18H,6-16H2,(H,22,26)(H2,21,23,27). The van der Waals surface area contributed by atoms with Crippen LogP contribution in [-0.4, -0.2) is 93.8 Å². The first-order valence-electron chi connectivity index (χ1n) is 10.6. The predicted octanol–water partition coefficient (Wildman–Crippen LogP) is 0.0507. The summed E-state index contributed by atoms with van der Waals surface area (Å²) in [6.07, 6.45) is 1.47. The van der Waals surface area contributed by atoms with Crippen LogP contribution >= 0.6 is 0 Å². The van der Waals surface area contributed by atoms with Crippen LogP contribution in [0.2, 0.25) is 0 Å². The number of nitrogens with zero attached hydrogens (tertiary/aromatic N) is 2. The lowest BCUT2D eigenvalue weighted by molar-refractivity contribution is -0.117. The Morgan fingerprint density at radius 3 is 2.39 bits per heavy atom. The zero-order valence-corrected chi connectivity index (χ0v) is 18.4. The van der Waals surface area contributed by atoms with Crippen molar-refractivity contribution in [1.29, 1.82) is 0 Å². The van der Waals surface area contributed by atoms with E-state index in [0.29, 0.717) is 45.9 Å². The molecular formula is C20H31N5O5S. The molecule has 3 rings (SSSR count). The number of carbonyl (C=O) groups excluding carboxylic acids is 2. The van der Waals surface area contributed by atoms with Gasteiger partial charge in [-0.3, -0.25) is 9.69 Å². The second kappa shape index (κ2) is 11.4. The zero-order chi connectivity index (χ0) is 22.1. The van der Waals surface area contributed by atoms with Crippen LogP contribution in [0.3, 0.4) is 0 Å². The molecule has 10 nitrogen and oxygen atoms in total. The molecule has 0 aliphatic carbocycles. The minimum absolute atomic E-state index is 0.00397. The second-order valence-corrected chi connectivity index (χ2v) is 9.78. The van der Waals surface area contributed by atoms with Crippen molar-refractivity contribution in [3.8, 4) is 0 Å². The summed E-state index contributed by atoms with van der Waals surface area (Å²) in [6.45, 7) is 3.31. The number of para-hydroxylation sites is 1. The van der Waals surface area contributed by atoms with Gasteiger partial charge >= 0.3 is 6.03 Å². The van der Waals surface area contributed by atoms with Crippen molar-refractivity contribution >= 4 is 27.6 Å². The fraction of sp³-hybridized carbons (Fsp3) is 0.600. The van der Waals surface area contributed by atoms with Crippen molar-refractivity contribution in [2.75, 3.05) is 63.6 Å². The number of anilines is 1. The smallest absolute Gasteiger partial charge is 0.315 e. The maximum absolute atomic E-state index is 12.3. The van der Waals surface area contributed by atoms with Gasteiger partial charge in [0.2, 0.25) is 15.9 Å². The maximum atomic E-state index is 12.3. The Kier molecular flexibility index (Phi) is 8.64. The lowest BCUT2D eigenvalue weighted by atomic mass is 10.1. The van der Waals surface area contributed by atoms with Gasteiger partial charge in [0.15, 0.2) is 0 Å². The fourth-order valence-corrected chi connectivity index (χ4v) is 4.97. The summed E-state index contributed by atoms with van der Waals surface area (Å²) in [7, 11) is -3.39. The normalized spacial score (nSPS) is 19.0. The molecule has 3 N–H and O–H groups in total. The van der Waals surface area contributed by atoms with E-state index in [9.17, 15) is 18.0 Å². The third-order valence-corrected chi connectivity index (χ3v) is 7.23. The van der Waals surface area contributed by atoms with E-state index in [1.165, 1.54) is 4.31 Å². The molecule has 0 saturated carbocycles. The van der Waals surface area contributed by atoms with Gasteiger partial charge in [-0.15, -0.1) is 0 Å². The zero-order valence-electron chi connectivity index (χ0n) is 17.6. The monoisotopic (exact) mass is 453 g/mol. The van der Waals surface area contributed by atoms with E-state index in [-0.39, 0.29) is 30.3 Å². The van der Waals surface area contributed by atoms with E-state index in [2.05, 4.69) is 20.9 Å². The molecule has 2 aliphatic heterocycles. The quantitative estimate of drug-likeness (QED) is 0.512. The number of sulfonamides is 1.